The van der Waals surface area contributed by atoms with E-state index in [1.54, 1.807) is 0 Å². The molecule has 2 rings (SSSR count). The van der Waals surface area contributed by atoms with Gasteiger partial charge in [0.15, 0.2) is 0 Å². The minimum Gasteiger partial charge on any atom is -0.491 e. The maximum atomic E-state index is 6.05. The van der Waals surface area contributed by atoms with E-state index in [0.29, 0.717) is 5.92 Å². The molecular weight excluding hydrogens is 296 g/mol. The molecule has 0 spiro atoms. The van der Waals surface area contributed by atoms with Crippen LogP contribution in [0.4, 0.5) is 0 Å². The smallest absolute Gasteiger partial charge is 0.120 e. The van der Waals surface area contributed by atoms with E-state index < -0.39 is 0 Å². The maximum Gasteiger partial charge on any atom is 0.120 e. The fourth-order valence-corrected chi connectivity index (χ4v) is 3.13. The van der Waals surface area contributed by atoms with E-state index in [-0.39, 0.29) is 6.10 Å². The summed E-state index contributed by atoms with van der Waals surface area (Å²) in [5.74, 6) is 1.61. The van der Waals surface area contributed by atoms with Crippen LogP contribution in [0.15, 0.2) is 18.2 Å². The molecule has 0 saturated carbocycles. The van der Waals surface area contributed by atoms with Crippen LogP contribution < -0.4 is 10.1 Å². The molecule has 3 nitrogen and oxygen atoms in total. The molecule has 24 heavy (non-hydrogen) atoms. The summed E-state index contributed by atoms with van der Waals surface area (Å²) in [6, 6.07) is 6.58. The molecule has 134 valence electrons. The first-order valence-electron chi connectivity index (χ1n) is 9.46. The highest BCUT2D eigenvalue weighted by atomic mass is 16.5. The highest BCUT2D eigenvalue weighted by Gasteiger charge is 2.16. The Morgan fingerprint density at radius 3 is 2.54 bits per heavy atom. The van der Waals surface area contributed by atoms with Gasteiger partial charge in [-0.25, -0.2) is 0 Å². The summed E-state index contributed by atoms with van der Waals surface area (Å²) in [4.78, 5) is 0. The Morgan fingerprint density at radius 2 is 1.92 bits per heavy atom. The van der Waals surface area contributed by atoms with Gasteiger partial charge in [0, 0.05) is 29.7 Å². The molecule has 1 heterocycles. The van der Waals surface area contributed by atoms with Crippen molar-refractivity contribution < 1.29 is 4.74 Å². The minimum absolute atomic E-state index is 0.253. The molecule has 0 aliphatic rings. The second-order valence-electron chi connectivity index (χ2n) is 7.26. The summed E-state index contributed by atoms with van der Waals surface area (Å²) in [5, 5.41) is 4.90. The van der Waals surface area contributed by atoms with E-state index in [4.69, 9.17) is 4.74 Å². The Labute approximate surface area is 147 Å². The SMILES string of the molecule is CCCNCc1c(C)n(CC(C)C)c2ccc(OC(C)CC)cc12. The zero-order valence-corrected chi connectivity index (χ0v) is 16.3. The third-order valence-electron chi connectivity index (χ3n) is 4.61. The van der Waals surface area contributed by atoms with Crippen molar-refractivity contribution in [2.75, 3.05) is 6.54 Å². The van der Waals surface area contributed by atoms with Crippen molar-refractivity contribution in [1.82, 2.24) is 9.88 Å². The van der Waals surface area contributed by atoms with Gasteiger partial charge in [-0.2, -0.15) is 0 Å². The molecule has 0 amide bonds. The lowest BCUT2D eigenvalue weighted by molar-refractivity contribution is 0.217. The molecule has 1 aromatic heterocycles. The summed E-state index contributed by atoms with van der Waals surface area (Å²) in [6.07, 6.45) is 2.44. The fourth-order valence-electron chi connectivity index (χ4n) is 3.13. The molecule has 0 aliphatic carbocycles. The second kappa shape index (κ2) is 8.57. The highest BCUT2D eigenvalue weighted by Crippen LogP contribution is 2.30. The first kappa shape index (κ1) is 18.9. The van der Waals surface area contributed by atoms with Crippen molar-refractivity contribution in [3.05, 3.63) is 29.5 Å². The Kier molecular flexibility index (Phi) is 6.73. The van der Waals surface area contributed by atoms with Crippen molar-refractivity contribution >= 4 is 10.9 Å². The highest BCUT2D eigenvalue weighted by molar-refractivity contribution is 5.87. The van der Waals surface area contributed by atoms with Crippen LogP contribution in [0.5, 0.6) is 5.75 Å². The number of fused-ring (bicyclic) bond motifs is 1. The van der Waals surface area contributed by atoms with Crippen molar-refractivity contribution in [2.24, 2.45) is 5.92 Å². The lowest BCUT2D eigenvalue weighted by Gasteiger charge is -2.13. The molecular formula is C21H34N2O. The number of rotatable bonds is 9. The molecule has 1 unspecified atom stereocenters. The van der Waals surface area contributed by atoms with Crippen molar-refractivity contribution in [1.29, 1.82) is 0 Å². The predicted molar refractivity (Wildman–Crippen MR) is 104 cm³/mol. The van der Waals surface area contributed by atoms with E-state index in [2.05, 4.69) is 69.6 Å². The van der Waals surface area contributed by atoms with Crippen molar-refractivity contribution in [3.63, 3.8) is 0 Å². The fraction of sp³-hybridized carbons (Fsp3) is 0.619. The van der Waals surface area contributed by atoms with Crippen molar-refractivity contribution in [3.8, 4) is 5.75 Å². The number of nitrogens with one attached hydrogen (secondary N) is 1. The van der Waals surface area contributed by atoms with Crippen LogP contribution in [-0.2, 0) is 13.1 Å². The largest absolute Gasteiger partial charge is 0.491 e. The number of ether oxygens (including phenoxy) is 1. The molecule has 0 radical (unpaired) electrons. The van der Waals surface area contributed by atoms with Gasteiger partial charge in [0.2, 0.25) is 0 Å². The van der Waals surface area contributed by atoms with Gasteiger partial charge in [-0.1, -0.05) is 27.7 Å². The Hall–Kier alpha value is -1.48. The predicted octanol–water partition coefficient (Wildman–Crippen LogP) is 5.28. The van der Waals surface area contributed by atoms with Crippen molar-refractivity contribution in [2.45, 2.75) is 73.6 Å². The molecule has 1 aromatic carbocycles. The van der Waals surface area contributed by atoms with Gasteiger partial charge in [0.05, 0.1) is 6.10 Å². The van der Waals surface area contributed by atoms with E-state index in [1.165, 1.54) is 22.2 Å². The number of benzene rings is 1. The Bertz CT molecular complexity index is 657. The maximum absolute atomic E-state index is 6.05. The zero-order valence-electron chi connectivity index (χ0n) is 16.3. The molecule has 0 aliphatic heterocycles. The first-order valence-corrected chi connectivity index (χ1v) is 9.46. The molecule has 1 atom stereocenters. The van der Waals surface area contributed by atoms with E-state index in [9.17, 15) is 0 Å². The molecule has 1 N–H and O–H groups in total. The van der Waals surface area contributed by atoms with Gasteiger partial charge in [-0.15, -0.1) is 0 Å². The van der Waals surface area contributed by atoms with Gasteiger partial charge in [0.25, 0.3) is 0 Å². The number of hydrogen-bond donors (Lipinski definition) is 1. The molecule has 2 aromatic rings. The van der Waals surface area contributed by atoms with Gasteiger partial charge < -0.3 is 14.6 Å². The minimum atomic E-state index is 0.253. The third-order valence-corrected chi connectivity index (χ3v) is 4.61. The van der Waals surface area contributed by atoms with E-state index in [0.717, 1.165) is 38.2 Å². The zero-order chi connectivity index (χ0) is 17.7. The normalized spacial score (nSPS) is 13.0. The van der Waals surface area contributed by atoms with Crippen LogP contribution >= 0.6 is 0 Å². The quantitative estimate of drug-likeness (QED) is 0.633. The average molecular weight is 331 g/mol. The monoisotopic (exact) mass is 330 g/mol. The summed E-state index contributed by atoms with van der Waals surface area (Å²) in [5.41, 5.74) is 4.11. The van der Waals surface area contributed by atoms with E-state index in [1.807, 2.05) is 0 Å². The second-order valence-corrected chi connectivity index (χ2v) is 7.26. The Balaban J connectivity index is 2.44. The van der Waals surface area contributed by atoms with Gasteiger partial charge in [-0.3, -0.25) is 0 Å². The van der Waals surface area contributed by atoms with Gasteiger partial charge in [-0.05, 0) is 62.9 Å². The number of nitrogens with zero attached hydrogens (tertiary/aromatic N) is 1. The van der Waals surface area contributed by atoms with E-state index >= 15 is 0 Å². The topological polar surface area (TPSA) is 26.2 Å². The van der Waals surface area contributed by atoms with Crippen LogP contribution in [0.2, 0.25) is 0 Å². The van der Waals surface area contributed by atoms with Gasteiger partial charge in [0.1, 0.15) is 5.75 Å². The molecule has 0 saturated heterocycles. The van der Waals surface area contributed by atoms with Crippen LogP contribution in [0.1, 0.15) is 58.7 Å². The lowest BCUT2D eigenvalue weighted by atomic mass is 10.1. The summed E-state index contributed by atoms with van der Waals surface area (Å²) in [6.45, 7) is 16.3. The summed E-state index contributed by atoms with van der Waals surface area (Å²) in [7, 11) is 0. The van der Waals surface area contributed by atoms with Crippen LogP contribution in [0.3, 0.4) is 0 Å². The van der Waals surface area contributed by atoms with Crippen LogP contribution in [0.25, 0.3) is 10.9 Å². The number of hydrogen-bond acceptors (Lipinski definition) is 2. The molecule has 0 fully saturated rings. The van der Waals surface area contributed by atoms with Crippen LogP contribution in [-0.4, -0.2) is 17.2 Å². The summed E-state index contributed by atoms with van der Waals surface area (Å²) >= 11 is 0. The summed E-state index contributed by atoms with van der Waals surface area (Å²) < 4.78 is 8.52. The van der Waals surface area contributed by atoms with Crippen LogP contribution in [0, 0.1) is 12.8 Å². The third kappa shape index (κ3) is 4.32. The van der Waals surface area contributed by atoms with Gasteiger partial charge >= 0.3 is 0 Å². The standard InChI is InChI=1S/C21H34N2O/c1-7-11-22-13-20-17(6)23(14-15(3)4)21-10-9-18(12-19(20)21)24-16(5)8-2/h9-10,12,15-16,22H,7-8,11,13-14H2,1-6H3. The molecule has 3 heteroatoms. The lowest BCUT2D eigenvalue weighted by Crippen LogP contribution is -2.15. The first-order chi connectivity index (χ1) is 11.5. The average Bonchev–Trinajstić information content (AvgIpc) is 2.79. The molecule has 0 bridgehead atoms. The Morgan fingerprint density at radius 1 is 1.17 bits per heavy atom. The number of aromatic nitrogens is 1.